The van der Waals surface area contributed by atoms with Crippen LogP contribution in [0.5, 0.6) is 5.75 Å². The summed E-state index contributed by atoms with van der Waals surface area (Å²) in [5, 5.41) is 23.8. The van der Waals surface area contributed by atoms with E-state index >= 15 is 0 Å². The zero-order valence-electron chi connectivity index (χ0n) is 25.2. The molecule has 1 aliphatic carbocycles. The summed E-state index contributed by atoms with van der Waals surface area (Å²) in [4.78, 5) is 13.6. The van der Waals surface area contributed by atoms with Crippen LogP contribution >= 0.6 is 22.9 Å². The van der Waals surface area contributed by atoms with E-state index in [0.717, 1.165) is 89.8 Å². The highest BCUT2D eigenvalue weighted by molar-refractivity contribution is 7.22. The Balaban J connectivity index is 1.02. The van der Waals surface area contributed by atoms with Gasteiger partial charge in [-0.25, -0.2) is 14.4 Å². The van der Waals surface area contributed by atoms with Crippen LogP contribution in [-0.4, -0.2) is 81.8 Å². The Morgan fingerprint density at radius 3 is 2.87 bits per heavy atom. The highest BCUT2D eigenvalue weighted by Gasteiger charge is 2.27. The molecule has 0 spiro atoms. The van der Waals surface area contributed by atoms with E-state index in [4.69, 9.17) is 26.2 Å². The molecule has 3 aromatic heterocycles. The minimum absolute atomic E-state index is 0.210. The van der Waals surface area contributed by atoms with Crippen molar-refractivity contribution in [2.45, 2.75) is 32.1 Å². The van der Waals surface area contributed by atoms with E-state index in [-0.39, 0.29) is 12.4 Å². The predicted octanol–water partition coefficient (Wildman–Crippen LogP) is 5.05. The first kappa shape index (κ1) is 31.0. The molecule has 5 aromatic rings. The molecule has 13 heteroatoms. The van der Waals surface area contributed by atoms with Gasteiger partial charge in [-0.1, -0.05) is 23.7 Å². The Labute approximate surface area is 275 Å². The minimum Gasteiger partial charge on any atom is -0.487 e. The second-order valence-corrected chi connectivity index (χ2v) is 12.9. The SMILES string of the molecule is OC(CNCCN1CCOCC1)Cn1cc2c(n1)CCc1c-2sc2ncnc(Nc3ccc(OCc4cccc(F)c4)c(Cl)c3)c12. The van der Waals surface area contributed by atoms with Crippen LogP contribution < -0.4 is 15.4 Å². The zero-order valence-corrected chi connectivity index (χ0v) is 26.8. The average molecular weight is 664 g/mol. The number of hydrogen-bond donors (Lipinski definition) is 3. The van der Waals surface area contributed by atoms with Gasteiger partial charge in [0.2, 0.25) is 0 Å². The summed E-state index contributed by atoms with van der Waals surface area (Å²) in [6, 6.07) is 11.8. The monoisotopic (exact) mass is 663 g/mol. The molecule has 4 heterocycles. The van der Waals surface area contributed by atoms with Crippen LogP contribution in [0.1, 0.15) is 16.8 Å². The van der Waals surface area contributed by atoms with E-state index in [2.05, 4.69) is 25.5 Å². The topological polar surface area (TPSA) is 110 Å². The average Bonchev–Trinajstić information content (AvgIpc) is 3.65. The number of halogens is 2. The molecule has 0 radical (unpaired) electrons. The summed E-state index contributed by atoms with van der Waals surface area (Å²) in [5.74, 6) is 0.915. The molecule has 1 fully saturated rings. The van der Waals surface area contributed by atoms with E-state index in [9.17, 15) is 9.50 Å². The van der Waals surface area contributed by atoms with Crippen molar-refractivity contribution in [1.29, 1.82) is 0 Å². The van der Waals surface area contributed by atoms with Gasteiger partial charge in [-0.3, -0.25) is 9.58 Å². The van der Waals surface area contributed by atoms with Crippen LogP contribution in [0.2, 0.25) is 5.02 Å². The summed E-state index contributed by atoms with van der Waals surface area (Å²) in [7, 11) is 0. The van der Waals surface area contributed by atoms with Gasteiger partial charge in [0.25, 0.3) is 0 Å². The number of aliphatic hydroxyl groups is 1. The molecule has 1 aliphatic heterocycles. The van der Waals surface area contributed by atoms with E-state index in [1.54, 1.807) is 41.9 Å². The zero-order chi connectivity index (χ0) is 31.5. The van der Waals surface area contributed by atoms with Gasteiger partial charge in [-0.05, 0) is 54.3 Å². The third kappa shape index (κ3) is 7.02. The number of ether oxygens (including phenoxy) is 2. The molecule has 1 saturated heterocycles. The van der Waals surface area contributed by atoms with E-state index in [1.165, 1.54) is 17.7 Å². The van der Waals surface area contributed by atoms with Crippen molar-refractivity contribution < 1.29 is 19.0 Å². The molecule has 0 bridgehead atoms. The molecule has 1 unspecified atom stereocenters. The molecule has 46 heavy (non-hydrogen) atoms. The molecular weight excluding hydrogens is 629 g/mol. The maximum absolute atomic E-state index is 13.5. The van der Waals surface area contributed by atoms with Crippen molar-refractivity contribution in [3.05, 3.63) is 82.6 Å². The Hall–Kier alpha value is -3.65. The van der Waals surface area contributed by atoms with Crippen LogP contribution in [-0.2, 0) is 30.7 Å². The number of thiophene rings is 1. The number of fused-ring (bicyclic) bond motifs is 5. The van der Waals surface area contributed by atoms with Crippen LogP contribution in [0.3, 0.4) is 0 Å². The van der Waals surface area contributed by atoms with Crippen molar-refractivity contribution in [2.75, 3.05) is 51.3 Å². The molecule has 2 aliphatic rings. The van der Waals surface area contributed by atoms with Gasteiger partial charge in [0.1, 0.15) is 35.1 Å². The number of aliphatic hydroxyl groups excluding tert-OH is 1. The Morgan fingerprint density at radius 2 is 2.02 bits per heavy atom. The van der Waals surface area contributed by atoms with Gasteiger partial charge in [-0.2, -0.15) is 5.10 Å². The highest BCUT2D eigenvalue weighted by Crippen LogP contribution is 2.45. The number of aromatic nitrogens is 4. The first-order chi connectivity index (χ1) is 22.5. The summed E-state index contributed by atoms with van der Waals surface area (Å²) < 4.78 is 26.6. The summed E-state index contributed by atoms with van der Waals surface area (Å²) in [6.07, 6.45) is 4.69. The standard InChI is InChI=1S/C33H35ClFN7O3S/c34-27-15-23(4-7-29(27)45-19-21-2-1-3-22(35)14-21)39-32-30-25-5-6-28-26(31(25)46-33(30)38-20-37-32)18-42(40-28)17-24(43)16-36-8-9-41-10-12-44-13-11-41/h1-4,7,14-15,18,20,24,36,43H,5-6,8-13,16-17,19H2,(H,37,38,39). The first-order valence-corrected chi connectivity index (χ1v) is 16.7. The van der Waals surface area contributed by atoms with Crippen LogP contribution in [0.15, 0.2) is 55.0 Å². The Morgan fingerprint density at radius 1 is 1.13 bits per heavy atom. The fourth-order valence-corrected chi connectivity index (χ4v) is 7.40. The lowest BCUT2D eigenvalue weighted by Crippen LogP contribution is -2.41. The number of nitrogens with zero attached hydrogens (tertiary/aromatic N) is 5. The van der Waals surface area contributed by atoms with Crippen LogP contribution in [0, 0.1) is 5.82 Å². The normalized spacial score (nSPS) is 15.5. The molecule has 0 amide bonds. The molecule has 2 aromatic carbocycles. The highest BCUT2D eigenvalue weighted by atomic mass is 35.5. The molecule has 240 valence electrons. The van der Waals surface area contributed by atoms with Crippen molar-refractivity contribution in [2.24, 2.45) is 0 Å². The number of hydrogen-bond acceptors (Lipinski definition) is 10. The van der Waals surface area contributed by atoms with Gasteiger partial charge in [0.15, 0.2) is 0 Å². The molecular formula is C33H35ClFN7O3S. The van der Waals surface area contributed by atoms with Gasteiger partial charge in [0.05, 0.1) is 42.0 Å². The maximum atomic E-state index is 13.5. The third-order valence-corrected chi connectivity index (χ3v) is 9.71. The second-order valence-electron chi connectivity index (χ2n) is 11.5. The first-order valence-electron chi connectivity index (χ1n) is 15.5. The maximum Gasteiger partial charge on any atom is 0.142 e. The Bertz CT molecular complexity index is 1830. The lowest BCUT2D eigenvalue weighted by molar-refractivity contribution is 0.0379. The van der Waals surface area contributed by atoms with Gasteiger partial charge in [-0.15, -0.1) is 11.3 Å². The van der Waals surface area contributed by atoms with Crippen molar-refractivity contribution >= 4 is 44.7 Å². The lowest BCUT2D eigenvalue weighted by atomic mass is 9.95. The molecule has 10 nitrogen and oxygen atoms in total. The van der Waals surface area contributed by atoms with E-state index < -0.39 is 6.10 Å². The summed E-state index contributed by atoms with van der Waals surface area (Å²) >= 11 is 8.20. The number of rotatable bonds is 12. The number of morpholine rings is 1. The van der Waals surface area contributed by atoms with Gasteiger partial charge in [0, 0.05) is 55.0 Å². The minimum atomic E-state index is -0.542. The van der Waals surface area contributed by atoms with Crippen molar-refractivity contribution in [1.82, 2.24) is 30.0 Å². The number of anilines is 2. The van der Waals surface area contributed by atoms with E-state index in [0.29, 0.717) is 29.7 Å². The largest absolute Gasteiger partial charge is 0.487 e. The van der Waals surface area contributed by atoms with Crippen molar-refractivity contribution in [3.63, 3.8) is 0 Å². The molecule has 7 rings (SSSR count). The Kier molecular flexibility index (Phi) is 9.43. The van der Waals surface area contributed by atoms with E-state index in [1.807, 2.05) is 16.9 Å². The smallest absolute Gasteiger partial charge is 0.142 e. The fourth-order valence-electron chi connectivity index (χ4n) is 5.95. The molecule has 1 atom stereocenters. The summed E-state index contributed by atoms with van der Waals surface area (Å²) in [6.45, 7) is 6.43. The number of aryl methyl sites for hydroxylation is 2. The quantitative estimate of drug-likeness (QED) is 0.158. The second kappa shape index (κ2) is 14.0. The fraction of sp³-hybridized carbons (Fsp3) is 0.364. The molecule has 3 N–H and O–H groups in total. The van der Waals surface area contributed by atoms with Gasteiger partial charge >= 0.3 is 0 Å². The number of nitrogens with one attached hydrogen (secondary N) is 2. The predicted molar refractivity (Wildman–Crippen MR) is 178 cm³/mol. The van der Waals surface area contributed by atoms with Crippen LogP contribution in [0.25, 0.3) is 20.7 Å². The van der Waals surface area contributed by atoms with Gasteiger partial charge < -0.3 is 25.2 Å². The third-order valence-electron chi connectivity index (χ3n) is 8.25. The van der Waals surface area contributed by atoms with Crippen LogP contribution in [0.4, 0.5) is 15.9 Å². The number of benzene rings is 2. The molecule has 0 saturated carbocycles. The lowest BCUT2D eigenvalue weighted by Gasteiger charge is -2.26. The summed E-state index contributed by atoms with van der Waals surface area (Å²) in [5.41, 5.74) is 4.81. The van der Waals surface area contributed by atoms with Crippen molar-refractivity contribution in [3.8, 4) is 16.2 Å².